The van der Waals surface area contributed by atoms with Crippen LogP contribution in [0.3, 0.4) is 0 Å². The van der Waals surface area contributed by atoms with E-state index >= 15 is 0 Å². The maximum absolute atomic E-state index is 4.95. The van der Waals surface area contributed by atoms with E-state index in [0.29, 0.717) is 0 Å². The minimum absolute atomic E-state index is 0. The predicted molar refractivity (Wildman–Crippen MR) is 27.1 cm³/mol. The van der Waals surface area contributed by atoms with Crippen LogP contribution in [0.5, 0.6) is 0 Å². The van der Waals surface area contributed by atoms with Crippen molar-refractivity contribution in [2.24, 2.45) is 0 Å². The van der Waals surface area contributed by atoms with Gasteiger partial charge in [0, 0.05) is 0 Å². The van der Waals surface area contributed by atoms with Gasteiger partial charge in [-0.15, -0.1) is 24.0 Å². The van der Waals surface area contributed by atoms with Crippen LogP contribution in [0.1, 0.15) is 0 Å². The van der Waals surface area contributed by atoms with Gasteiger partial charge in [0.25, 0.3) is 0 Å². The first kappa shape index (κ1) is 9.33. The Bertz CT molecular complexity index is 6.00. The van der Waals surface area contributed by atoms with Crippen LogP contribution in [-0.2, 0) is 15.1 Å². The van der Waals surface area contributed by atoms with Crippen LogP contribution in [0.15, 0.2) is 0 Å². The summed E-state index contributed by atoms with van der Waals surface area (Å²) in [5.74, 6) is 0. The first-order chi connectivity index (χ1) is 1.41. The van der Waals surface area contributed by atoms with Gasteiger partial charge in [-0.3, -0.25) is 0 Å². The van der Waals surface area contributed by atoms with E-state index in [0.717, 1.165) is 0 Å². The molecule has 0 nitrogen and oxygen atoms in total. The van der Waals surface area contributed by atoms with Gasteiger partial charge < -0.3 is 0 Å². The molecule has 0 unspecified atom stereocenters. The topological polar surface area (TPSA) is 0 Å². The third kappa shape index (κ3) is 9.05. The molecule has 0 bridgehead atoms. The van der Waals surface area contributed by atoms with Crippen molar-refractivity contribution in [2.45, 2.75) is 0 Å². The molecule has 0 aliphatic carbocycles. The molecule has 0 aliphatic rings. The molecule has 0 fully saturated rings. The molecule has 4 heavy (non-hydrogen) atoms. The first-order valence-corrected chi connectivity index (χ1v) is 8.33. The zero-order valence-electron chi connectivity index (χ0n) is 1.87. The molecular formula is HCl2IZn. The summed E-state index contributed by atoms with van der Waals surface area (Å²) in [5, 5.41) is 0. The number of hydrogen-bond acceptors (Lipinski definition) is 0. The van der Waals surface area contributed by atoms with E-state index in [1.54, 1.807) is 0 Å². The molecule has 0 saturated heterocycles. The van der Waals surface area contributed by atoms with E-state index in [1.165, 1.54) is 0 Å². The molecule has 0 aromatic carbocycles. The summed E-state index contributed by atoms with van der Waals surface area (Å²) in [6, 6.07) is 0. The van der Waals surface area contributed by atoms with E-state index in [9.17, 15) is 0 Å². The first-order valence-electron chi connectivity index (χ1n) is 0.535. The molecule has 0 heterocycles. The van der Waals surface area contributed by atoms with Crippen LogP contribution in [0.2, 0.25) is 0 Å². The molecule has 0 rings (SSSR count). The van der Waals surface area contributed by atoms with Crippen LogP contribution in [-0.4, -0.2) is 0 Å². The second kappa shape index (κ2) is 8.87. The van der Waals surface area contributed by atoms with E-state index < -0.39 is 15.1 Å². The van der Waals surface area contributed by atoms with Gasteiger partial charge >= 0.3 is 34.5 Å². The molecule has 0 aliphatic heterocycles. The van der Waals surface area contributed by atoms with Crippen molar-refractivity contribution in [3.63, 3.8) is 0 Å². The van der Waals surface area contributed by atoms with Crippen LogP contribution in [0, 0.1) is 0 Å². The van der Waals surface area contributed by atoms with Gasteiger partial charge in [0.2, 0.25) is 0 Å². The summed E-state index contributed by atoms with van der Waals surface area (Å²) in [7, 11) is 9.90. The molecule has 0 atom stereocenters. The van der Waals surface area contributed by atoms with E-state index in [2.05, 4.69) is 0 Å². The van der Waals surface area contributed by atoms with Crippen LogP contribution in [0.25, 0.3) is 0 Å². The van der Waals surface area contributed by atoms with Gasteiger partial charge in [-0.25, -0.2) is 0 Å². The summed E-state index contributed by atoms with van der Waals surface area (Å²) in [6.45, 7) is 0. The fourth-order valence-corrected chi connectivity index (χ4v) is 0. The Morgan fingerprint density at radius 2 is 1.25 bits per heavy atom. The molecule has 0 aromatic rings. The van der Waals surface area contributed by atoms with Gasteiger partial charge in [-0.05, 0) is 0 Å². The molecule has 0 aromatic heterocycles. The normalized spacial score (nSPS) is 2.50. The van der Waals surface area contributed by atoms with Crippen molar-refractivity contribution in [1.82, 2.24) is 0 Å². The van der Waals surface area contributed by atoms with Crippen molar-refractivity contribution < 1.29 is 15.1 Å². The Morgan fingerprint density at radius 3 is 1.25 bits per heavy atom. The van der Waals surface area contributed by atoms with E-state index in [-0.39, 0.29) is 24.0 Å². The van der Waals surface area contributed by atoms with Crippen molar-refractivity contribution in [1.29, 1.82) is 0 Å². The van der Waals surface area contributed by atoms with Crippen molar-refractivity contribution in [3.8, 4) is 0 Å². The Kier molecular flexibility index (Phi) is 20.7. The number of hydrogen-bond donors (Lipinski definition) is 0. The number of halogens is 3. The van der Waals surface area contributed by atoms with Gasteiger partial charge in [0.1, 0.15) is 0 Å². The summed E-state index contributed by atoms with van der Waals surface area (Å²) >= 11 is -0.931. The fourth-order valence-electron chi connectivity index (χ4n) is 0. The fraction of sp³-hybridized carbons (Fsp3) is 0. The molecular weight excluding hydrogens is 263 g/mol. The summed E-state index contributed by atoms with van der Waals surface area (Å²) in [4.78, 5) is 0. The average Bonchev–Trinajstić information content (AvgIpc) is 0.918. The van der Waals surface area contributed by atoms with Gasteiger partial charge in [-0.1, -0.05) is 0 Å². The summed E-state index contributed by atoms with van der Waals surface area (Å²) in [5.41, 5.74) is 0. The van der Waals surface area contributed by atoms with E-state index in [1.807, 2.05) is 0 Å². The van der Waals surface area contributed by atoms with E-state index in [4.69, 9.17) is 19.4 Å². The van der Waals surface area contributed by atoms with Gasteiger partial charge in [0.15, 0.2) is 0 Å². The standard InChI is InChI=1S/2ClH.HI.Zn/h3*1H;/q;;;+2/p-2. The zero-order valence-corrected chi connectivity index (χ0v) is 8.68. The van der Waals surface area contributed by atoms with Crippen molar-refractivity contribution >= 4 is 43.4 Å². The Morgan fingerprint density at radius 1 is 1.25 bits per heavy atom. The van der Waals surface area contributed by atoms with Gasteiger partial charge in [-0.2, -0.15) is 0 Å². The second-order valence-corrected chi connectivity index (χ2v) is 4.72. The number of rotatable bonds is 0. The molecule has 0 amide bonds. The minimum atomic E-state index is -0.931. The summed E-state index contributed by atoms with van der Waals surface area (Å²) < 4.78 is 0. The average molecular weight is 264 g/mol. The molecule has 0 saturated carbocycles. The molecule has 0 radical (unpaired) electrons. The quantitative estimate of drug-likeness (QED) is 0.463. The molecule has 24 valence electrons. The Hall–Kier alpha value is 1.93. The third-order valence-corrected chi connectivity index (χ3v) is 0. The summed E-state index contributed by atoms with van der Waals surface area (Å²) in [6.07, 6.45) is 0. The molecule has 4 heteroatoms. The molecule has 0 spiro atoms. The van der Waals surface area contributed by atoms with Crippen molar-refractivity contribution in [2.75, 3.05) is 0 Å². The third-order valence-electron chi connectivity index (χ3n) is 0. The van der Waals surface area contributed by atoms with Crippen molar-refractivity contribution in [3.05, 3.63) is 0 Å². The monoisotopic (exact) mass is 262 g/mol. The van der Waals surface area contributed by atoms with Crippen LogP contribution in [0.4, 0.5) is 0 Å². The Labute approximate surface area is 57.9 Å². The SMILES string of the molecule is I.[Cl][Zn][Cl]. The Balaban J connectivity index is 0. The van der Waals surface area contributed by atoms with Gasteiger partial charge in [0.05, 0.1) is 0 Å². The second-order valence-electron chi connectivity index (χ2n) is 0.101. The van der Waals surface area contributed by atoms with Crippen LogP contribution < -0.4 is 0 Å². The zero-order chi connectivity index (χ0) is 2.71. The van der Waals surface area contributed by atoms with Crippen LogP contribution >= 0.6 is 43.4 Å². The predicted octanol–water partition coefficient (Wildman–Crippen LogP) is 1.99. The maximum atomic E-state index is 4.95. The molecule has 0 N–H and O–H groups in total.